The van der Waals surface area contributed by atoms with Crippen molar-refractivity contribution in [3.63, 3.8) is 0 Å². The Morgan fingerprint density at radius 1 is 1.22 bits per heavy atom. The third-order valence-corrected chi connectivity index (χ3v) is 6.45. The summed E-state index contributed by atoms with van der Waals surface area (Å²) in [5.74, 6) is 0.512. The van der Waals surface area contributed by atoms with Gasteiger partial charge in [-0.15, -0.1) is 0 Å². The predicted octanol–water partition coefficient (Wildman–Crippen LogP) is 2.59. The van der Waals surface area contributed by atoms with Crippen molar-refractivity contribution in [3.05, 3.63) is 29.8 Å². The van der Waals surface area contributed by atoms with E-state index in [-0.39, 0.29) is 10.8 Å². The molecule has 6 heteroatoms. The van der Waals surface area contributed by atoms with E-state index in [1.54, 1.807) is 12.1 Å². The standard InChI is InChI=1S/C17H26N2O3S/c1-4-19(5-2)23(21,22)16-10-8-15(9-11-16)17(20)18-12-6-7-14(3)13-18/h8-11,14H,4-7,12-13H2,1-3H3. The SMILES string of the molecule is CCN(CC)S(=O)(=O)c1ccc(C(=O)N2CCCC(C)C2)cc1. The zero-order valence-corrected chi connectivity index (χ0v) is 15.0. The zero-order valence-electron chi connectivity index (χ0n) is 14.2. The Labute approximate surface area is 139 Å². The molecule has 1 fully saturated rings. The van der Waals surface area contributed by atoms with Gasteiger partial charge in [0.25, 0.3) is 5.91 Å². The highest BCUT2D eigenvalue weighted by Crippen LogP contribution is 2.20. The Balaban J connectivity index is 2.17. The molecule has 1 saturated heterocycles. The number of rotatable bonds is 5. The van der Waals surface area contributed by atoms with Gasteiger partial charge in [0.15, 0.2) is 0 Å². The first-order valence-corrected chi connectivity index (χ1v) is 9.73. The van der Waals surface area contributed by atoms with Crippen molar-refractivity contribution >= 4 is 15.9 Å². The van der Waals surface area contributed by atoms with E-state index in [0.717, 1.165) is 25.9 Å². The zero-order chi connectivity index (χ0) is 17.0. The van der Waals surface area contributed by atoms with Crippen LogP contribution in [-0.2, 0) is 10.0 Å². The Hall–Kier alpha value is -1.40. The first kappa shape index (κ1) is 17.9. The third kappa shape index (κ3) is 3.93. The normalized spacial score (nSPS) is 19.1. The molecule has 0 aliphatic carbocycles. The monoisotopic (exact) mass is 338 g/mol. The maximum atomic E-state index is 12.5. The van der Waals surface area contributed by atoms with Crippen LogP contribution in [0.15, 0.2) is 29.2 Å². The maximum Gasteiger partial charge on any atom is 0.253 e. The summed E-state index contributed by atoms with van der Waals surface area (Å²) < 4.78 is 26.3. The van der Waals surface area contributed by atoms with Gasteiger partial charge in [-0.3, -0.25) is 4.79 Å². The molecule has 1 unspecified atom stereocenters. The van der Waals surface area contributed by atoms with Gasteiger partial charge in [0.05, 0.1) is 4.90 Å². The minimum absolute atomic E-state index is 0.0108. The third-order valence-electron chi connectivity index (χ3n) is 4.39. The van der Waals surface area contributed by atoms with Crippen molar-refractivity contribution < 1.29 is 13.2 Å². The van der Waals surface area contributed by atoms with Crippen LogP contribution in [0.25, 0.3) is 0 Å². The van der Waals surface area contributed by atoms with E-state index in [0.29, 0.717) is 24.6 Å². The van der Waals surface area contributed by atoms with E-state index in [2.05, 4.69) is 6.92 Å². The number of nitrogens with zero attached hydrogens (tertiary/aromatic N) is 2. The number of sulfonamides is 1. The number of hydrogen-bond acceptors (Lipinski definition) is 3. The van der Waals surface area contributed by atoms with Crippen molar-refractivity contribution in [2.45, 2.75) is 38.5 Å². The average molecular weight is 338 g/mol. The molecule has 1 aromatic rings. The minimum Gasteiger partial charge on any atom is -0.338 e. The summed E-state index contributed by atoms with van der Waals surface area (Å²) in [5.41, 5.74) is 0.553. The van der Waals surface area contributed by atoms with Crippen LogP contribution in [0, 0.1) is 5.92 Å². The molecule has 1 aliphatic heterocycles. The molecule has 0 bridgehead atoms. The summed E-state index contributed by atoms with van der Waals surface area (Å²) in [6, 6.07) is 6.32. The summed E-state index contributed by atoms with van der Waals surface area (Å²) >= 11 is 0. The molecule has 0 spiro atoms. The van der Waals surface area contributed by atoms with Gasteiger partial charge in [-0.05, 0) is 43.0 Å². The van der Waals surface area contributed by atoms with Crippen LogP contribution < -0.4 is 0 Å². The lowest BCUT2D eigenvalue weighted by Gasteiger charge is -2.31. The van der Waals surface area contributed by atoms with Crippen molar-refractivity contribution in [1.29, 1.82) is 0 Å². The van der Waals surface area contributed by atoms with E-state index in [1.165, 1.54) is 16.4 Å². The van der Waals surface area contributed by atoms with E-state index in [1.807, 2.05) is 18.7 Å². The van der Waals surface area contributed by atoms with Crippen molar-refractivity contribution in [2.24, 2.45) is 5.92 Å². The van der Waals surface area contributed by atoms with Crippen molar-refractivity contribution in [2.75, 3.05) is 26.2 Å². The molecule has 0 radical (unpaired) electrons. The number of hydrogen-bond donors (Lipinski definition) is 0. The maximum absolute atomic E-state index is 12.5. The lowest BCUT2D eigenvalue weighted by Crippen LogP contribution is -2.39. The second-order valence-electron chi connectivity index (χ2n) is 6.11. The Bertz CT molecular complexity index is 636. The smallest absolute Gasteiger partial charge is 0.253 e. The second kappa shape index (κ2) is 7.45. The van der Waals surface area contributed by atoms with Crippen molar-refractivity contribution in [1.82, 2.24) is 9.21 Å². The average Bonchev–Trinajstić information content (AvgIpc) is 2.55. The summed E-state index contributed by atoms with van der Waals surface area (Å²) in [5, 5.41) is 0. The van der Waals surface area contributed by atoms with Gasteiger partial charge in [-0.1, -0.05) is 20.8 Å². The number of amides is 1. The molecule has 128 valence electrons. The fourth-order valence-corrected chi connectivity index (χ4v) is 4.50. The molecule has 0 saturated carbocycles. The Morgan fingerprint density at radius 2 is 1.83 bits per heavy atom. The van der Waals surface area contributed by atoms with Crippen LogP contribution in [0.1, 0.15) is 44.0 Å². The highest BCUT2D eigenvalue weighted by atomic mass is 32.2. The van der Waals surface area contributed by atoms with Crippen LogP contribution in [0.5, 0.6) is 0 Å². The minimum atomic E-state index is -3.47. The molecular formula is C17H26N2O3S. The van der Waals surface area contributed by atoms with Crippen LogP contribution in [0.4, 0.5) is 0 Å². The quantitative estimate of drug-likeness (QED) is 0.829. The van der Waals surface area contributed by atoms with Crippen LogP contribution in [0.2, 0.25) is 0 Å². The highest BCUT2D eigenvalue weighted by Gasteiger charge is 2.24. The summed E-state index contributed by atoms with van der Waals surface area (Å²) in [6.07, 6.45) is 2.19. The molecule has 2 rings (SSSR count). The Kier molecular flexibility index (Phi) is 5.81. The van der Waals surface area contributed by atoms with Crippen LogP contribution >= 0.6 is 0 Å². The number of likely N-dealkylation sites (tertiary alicyclic amines) is 1. The summed E-state index contributed by atoms with van der Waals surface area (Å²) in [6.45, 7) is 8.21. The largest absolute Gasteiger partial charge is 0.338 e. The molecule has 1 amide bonds. The Morgan fingerprint density at radius 3 is 2.35 bits per heavy atom. The number of carbonyl (C=O) groups is 1. The number of benzene rings is 1. The summed E-state index contributed by atoms with van der Waals surface area (Å²) in [7, 11) is -3.47. The lowest BCUT2D eigenvalue weighted by atomic mass is 9.99. The molecular weight excluding hydrogens is 312 g/mol. The number of piperidine rings is 1. The predicted molar refractivity (Wildman–Crippen MR) is 90.9 cm³/mol. The number of carbonyl (C=O) groups excluding carboxylic acids is 1. The molecule has 1 aliphatic rings. The van der Waals surface area contributed by atoms with E-state index in [9.17, 15) is 13.2 Å². The topological polar surface area (TPSA) is 57.7 Å². The van der Waals surface area contributed by atoms with E-state index >= 15 is 0 Å². The first-order chi connectivity index (χ1) is 10.9. The van der Waals surface area contributed by atoms with E-state index < -0.39 is 10.0 Å². The van der Waals surface area contributed by atoms with Gasteiger partial charge in [0.2, 0.25) is 10.0 Å². The molecule has 1 heterocycles. The molecule has 23 heavy (non-hydrogen) atoms. The molecule has 1 atom stereocenters. The van der Waals surface area contributed by atoms with Gasteiger partial charge in [0, 0.05) is 31.7 Å². The fourth-order valence-electron chi connectivity index (χ4n) is 3.04. The van der Waals surface area contributed by atoms with Gasteiger partial charge in [-0.25, -0.2) is 8.42 Å². The van der Waals surface area contributed by atoms with Crippen LogP contribution in [0.3, 0.4) is 0 Å². The highest BCUT2D eigenvalue weighted by molar-refractivity contribution is 7.89. The molecule has 0 N–H and O–H groups in total. The van der Waals surface area contributed by atoms with Crippen molar-refractivity contribution in [3.8, 4) is 0 Å². The molecule has 0 aromatic heterocycles. The van der Waals surface area contributed by atoms with Crippen LogP contribution in [-0.4, -0.2) is 49.7 Å². The van der Waals surface area contributed by atoms with Gasteiger partial charge in [-0.2, -0.15) is 4.31 Å². The molecule has 1 aromatic carbocycles. The summed E-state index contributed by atoms with van der Waals surface area (Å²) in [4.78, 5) is 14.6. The van der Waals surface area contributed by atoms with Gasteiger partial charge in [0.1, 0.15) is 0 Å². The van der Waals surface area contributed by atoms with Gasteiger partial charge >= 0.3 is 0 Å². The van der Waals surface area contributed by atoms with E-state index in [4.69, 9.17) is 0 Å². The fraction of sp³-hybridized carbons (Fsp3) is 0.588. The lowest BCUT2D eigenvalue weighted by molar-refractivity contribution is 0.0683. The van der Waals surface area contributed by atoms with Gasteiger partial charge < -0.3 is 4.90 Å². The molecule has 5 nitrogen and oxygen atoms in total. The first-order valence-electron chi connectivity index (χ1n) is 8.29. The second-order valence-corrected chi connectivity index (χ2v) is 8.05.